The molecule has 0 radical (unpaired) electrons. The molecule has 2 heterocycles. The first-order valence-corrected chi connectivity index (χ1v) is 11.3. The molecule has 2 aliphatic rings. The van der Waals surface area contributed by atoms with Crippen molar-refractivity contribution in [3.8, 4) is 0 Å². The van der Waals surface area contributed by atoms with Gasteiger partial charge in [0.05, 0.1) is 11.0 Å². The van der Waals surface area contributed by atoms with Crippen molar-refractivity contribution < 1.29 is 16.8 Å². The highest BCUT2D eigenvalue weighted by atomic mass is 32.2. The van der Waals surface area contributed by atoms with Crippen LogP contribution in [0.5, 0.6) is 0 Å². The fourth-order valence-electron chi connectivity index (χ4n) is 3.59. The van der Waals surface area contributed by atoms with Crippen molar-refractivity contribution in [1.82, 2.24) is 13.5 Å². The molecule has 2 saturated heterocycles. The Morgan fingerprint density at radius 1 is 1.13 bits per heavy atom. The van der Waals surface area contributed by atoms with Crippen LogP contribution >= 0.6 is 0 Å². The van der Waals surface area contributed by atoms with E-state index in [1.165, 1.54) is 22.7 Å². The van der Waals surface area contributed by atoms with Gasteiger partial charge in [-0.25, -0.2) is 8.42 Å². The van der Waals surface area contributed by atoms with E-state index < -0.39 is 25.3 Å². The minimum absolute atomic E-state index is 0.0708. The van der Waals surface area contributed by atoms with Crippen molar-refractivity contribution >= 4 is 20.0 Å². The zero-order chi connectivity index (χ0) is 17.4. The third kappa shape index (κ3) is 4.07. The van der Waals surface area contributed by atoms with Gasteiger partial charge in [-0.1, -0.05) is 13.8 Å². The van der Waals surface area contributed by atoms with E-state index in [9.17, 15) is 16.8 Å². The summed E-state index contributed by atoms with van der Waals surface area (Å²) < 4.78 is 52.3. The number of hydrogen-bond donors (Lipinski definition) is 0. The van der Waals surface area contributed by atoms with Crippen LogP contribution in [0.2, 0.25) is 0 Å². The average Bonchev–Trinajstić information content (AvgIpc) is 2.65. The zero-order valence-electron chi connectivity index (χ0n) is 14.5. The lowest BCUT2D eigenvalue weighted by molar-refractivity contribution is 0.162. The standard InChI is InChI=1S/C14H29N3O4S2/c1-12(2)11-16-9-10-22(18,19)14-6-8-17(7-5-13(14)16)23(20,21)15(3)4/h12-14H,5-11H2,1-4H3/t13-,14-/m0/s1. The molecular weight excluding hydrogens is 338 g/mol. The Labute approximate surface area is 140 Å². The highest BCUT2D eigenvalue weighted by molar-refractivity contribution is 7.92. The van der Waals surface area contributed by atoms with E-state index in [1.54, 1.807) is 0 Å². The summed E-state index contributed by atoms with van der Waals surface area (Å²) >= 11 is 0. The van der Waals surface area contributed by atoms with E-state index >= 15 is 0 Å². The second-order valence-corrected chi connectivity index (χ2v) is 11.6. The molecule has 0 aromatic rings. The highest BCUT2D eigenvalue weighted by Crippen LogP contribution is 2.29. The van der Waals surface area contributed by atoms with Gasteiger partial charge in [-0.3, -0.25) is 4.90 Å². The van der Waals surface area contributed by atoms with Gasteiger partial charge >= 0.3 is 0 Å². The molecule has 2 atom stereocenters. The maximum absolute atomic E-state index is 12.5. The Bertz CT molecular complexity index is 616. The maximum atomic E-state index is 12.5. The number of rotatable bonds is 4. The van der Waals surface area contributed by atoms with Crippen molar-refractivity contribution in [3.05, 3.63) is 0 Å². The third-order valence-electron chi connectivity index (χ3n) is 4.75. The SMILES string of the molecule is CC(C)CN1CCS(=O)(=O)[C@H]2CCN(S(=O)(=O)N(C)C)CC[C@@H]21. The van der Waals surface area contributed by atoms with Crippen molar-refractivity contribution in [3.63, 3.8) is 0 Å². The number of fused-ring (bicyclic) bond motifs is 1. The van der Waals surface area contributed by atoms with Crippen LogP contribution in [0.3, 0.4) is 0 Å². The van der Waals surface area contributed by atoms with Gasteiger partial charge in [0.25, 0.3) is 10.2 Å². The van der Waals surface area contributed by atoms with E-state index in [0.29, 0.717) is 31.8 Å². The predicted molar refractivity (Wildman–Crippen MR) is 91.2 cm³/mol. The molecule has 0 aliphatic carbocycles. The molecule has 136 valence electrons. The summed E-state index contributed by atoms with van der Waals surface area (Å²) in [6, 6.07) is -0.0708. The maximum Gasteiger partial charge on any atom is 0.281 e. The molecule has 9 heteroatoms. The monoisotopic (exact) mass is 367 g/mol. The van der Waals surface area contributed by atoms with Gasteiger partial charge in [-0.05, 0) is 18.8 Å². The molecule has 7 nitrogen and oxygen atoms in total. The topological polar surface area (TPSA) is 78.0 Å². The molecule has 0 spiro atoms. The number of sulfone groups is 1. The largest absolute Gasteiger partial charge is 0.298 e. The van der Waals surface area contributed by atoms with E-state index in [2.05, 4.69) is 18.7 Å². The van der Waals surface area contributed by atoms with Gasteiger partial charge < -0.3 is 0 Å². The van der Waals surface area contributed by atoms with Crippen molar-refractivity contribution in [1.29, 1.82) is 0 Å². The summed E-state index contributed by atoms with van der Waals surface area (Å²) in [5.41, 5.74) is 0. The molecule has 0 saturated carbocycles. The van der Waals surface area contributed by atoms with Crippen LogP contribution in [0.4, 0.5) is 0 Å². The molecule has 23 heavy (non-hydrogen) atoms. The molecule has 2 fully saturated rings. The fraction of sp³-hybridized carbons (Fsp3) is 1.00. The lowest BCUT2D eigenvalue weighted by atomic mass is 10.0. The Morgan fingerprint density at radius 2 is 1.74 bits per heavy atom. The van der Waals surface area contributed by atoms with E-state index in [0.717, 1.165) is 6.54 Å². The average molecular weight is 368 g/mol. The lowest BCUT2D eigenvalue weighted by Gasteiger charge is -2.40. The summed E-state index contributed by atoms with van der Waals surface area (Å²) in [6.07, 6.45) is 0.957. The minimum Gasteiger partial charge on any atom is -0.298 e. The minimum atomic E-state index is -3.49. The normalized spacial score (nSPS) is 30.3. The predicted octanol–water partition coefficient (Wildman–Crippen LogP) is 0.0122. The van der Waals surface area contributed by atoms with Crippen LogP contribution in [0.1, 0.15) is 26.7 Å². The van der Waals surface area contributed by atoms with Gasteiger partial charge in [0.2, 0.25) is 0 Å². The van der Waals surface area contributed by atoms with Crippen molar-refractivity contribution in [2.24, 2.45) is 5.92 Å². The molecule has 0 N–H and O–H groups in total. The van der Waals surface area contributed by atoms with Crippen LogP contribution in [-0.2, 0) is 20.0 Å². The van der Waals surface area contributed by atoms with Crippen molar-refractivity contribution in [2.75, 3.05) is 46.0 Å². The molecular formula is C14H29N3O4S2. The summed E-state index contributed by atoms with van der Waals surface area (Å²) in [5, 5.41) is -0.447. The van der Waals surface area contributed by atoms with Crippen molar-refractivity contribution in [2.45, 2.75) is 38.0 Å². The van der Waals surface area contributed by atoms with Gasteiger partial charge in [0.15, 0.2) is 9.84 Å². The fourth-order valence-corrected chi connectivity index (χ4v) is 6.77. The first-order chi connectivity index (χ1) is 10.6. The number of hydrogen-bond acceptors (Lipinski definition) is 5. The molecule has 2 aliphatic heterocycles. The Morgan fingerprint density at radius 3 is 2.30 bits per heavy atom. The summed E-state index contributed by atoms with van der Waals surface area (Å²) in [5.74, 6) is 0.641. The molecule has 2 rings (SSSR count). The molecule has 0 aromatic carbocycles. The van der Waals surface area contributed by atoms with Gasteiger partial charge in [0, 0.05) is 46.3 Å². The molecule has 0 aromatic heterocycles. The van der Waals surface area contributed by atoms with Gasteiger partial charge in [-0.2, -0.15) is 17.0 Å². The highest BCUT2D eigenvalue weighted by Gasteiger charge is 2.44. The third-order valence-corrected chi connectivity index (χ3v) is 8.91. The summed E-state index contributed by atoms with van der Waals surface area (Å²) in [7, 11) is -3.61. The zero-order valence-corrected chi connectivity index (χ0v) is 16.1. The molecule has 0 bridgehead atoms. The smallest absolute Gasteiger partial charge is 0.281 e. The Kier molecular flexibility index (Phi) is 5.78. The Hall–Kier alpha value is -0.220. The van der Waals surface area contributed by atoms with Crippen LogP contribution in [0.15, 0.2) is 0 Å². The Balaban J connectivity index is 2.24. The number of nitrogens with zero attached hydrogens (tertiary/aromatic N) is 3. The summed E-state index contributed by atoms with van der Waals surface area (Å²) in [4.78, 5) is 2.25. The first-order valence-electron chi connectivity index (χ1n) is 8.19. The molecule has 0 unspecified atom stereocenters. The van der Waals surface area contributed by atoms with Gasteiger partial charge in [-0.15, -0.1) is 0 Å². The van der Waals surface area contributed by atoms with Crippen LogP contribution in [-0.4, -0.2) is 87.7 Å². The lowest BCUT2D eigenvalue weighted by Crippen LogP contribution is -2.55. The second kappa shape index (κ2) is 6.95. The second-order valence-electron chi connectivity index (χ2n) is 7.13. The quantitative estimate of drug-likeness (QED) is 0.700. The van der Waals surface area contributed by atoms with Crippen LogP contribution < -0.4 is 0 Å². The summed E-state index contributed by atoms with van der Waals surface area (Å²) in [6.45, 7) is 6.32. The van der Waals surface area contributed by atoms with E-state index in [-0.39, 0.29) is 18.3 Å². The van der Waals surface area contributed by atoms with E-state index in [4.69, 9.17) is 0 Å². The first kappa shape index (κ1) is 19.1. The van der Waals surface area contributed by atoms with Crippen LogP contribution in [0, 0.1) is 5.92 Å². The van der Waals surface area contributed by atoms with Gasteiger partial charge in [0.1, 0.15) is 0 Å². The van der Waals surface area contributed by atoms with E-state index in [1.807, 2.05) is 0 Å². The molecule has 0 amide bonds. The van der Waals surface area contributed by atoms with Crippen LogP contribution in [0.25, 0.3) is 0 Å².